The number of anilines is 1. The molecule has 0 unspecified atom stereocenters. The number of amides is 4. The van der Waals surface area contributed by atoms with Crippen LogP contribution >= 0.6 is 0 Å². The van der Waals surface area contributed by atoms with E-state index in [4.69, 9.17) is 13.9 Å². The number of ketones is 2. The van der Waals surface area contributed by atoms with E-state index in [1.807, 2.05) is 114 Å². The number of ether oxygens (including phenoxy) is 2. The van der Waals surface area contributed by atoms with E-state index in [2.05, 4.69) is 93.0 Å². The number of aromatic nitrogens is 13. The molecule has 34 heteroatoms. The van der Waals surface area contributed by atoms with Crippen LogP contribution in [0.15, 0.2) is 223 Å². The van der Waals surface area contributed by atoms with Crippen LogP contribution in [0.1, 0.15) is 108 Å². The molecule has 3 atom stereocenters. The maximum Gasteiger partial charge on any atom is 0.258 e. The predicted molar refractivity (Wildman–Crippen MR) is 547 cm³/mol. The number of rotatable bonds is 27. The number of Topliss-reactive ketones (excluding diaryl/α,β-unsaturated/α-hetero) is 2. The highest BCUT2D eigenvalue weighted by molar-refractivity contribution is 6.02. The highest BCUT2D eigenvalue weighted by atomic mass is 19.1. The molecule has 6 aliphatic heterocycles. The first-order valence-corrected chi connectivity index (χ1v) is 49.5. The van der Waals surface area contributed by atoms with Crippen LogP contribution in [0.3, 0.4) is 0 Å². The van der Waals surface area contributed by atoms with Crippen LogP contribution in [0.25, 0.3) is 117 Å². The molecule has 7 aliphatic rings. The smallest absolute Gasteiger partial charge is 0.258 e. The SMILES string of the molecule is COC[C@@]1(C(=O)Cc2ccc3[nH]nc(-c4ccnc(C5CC5)c4)c3c2)CCN(CC(=O)N2CC=C(c3ccc(-c4ncc(C)cn4)c(F)c3)CC2)C1.CO[C@@]1(C(=O)Nc2ccc3[nH]nc(-c4ccc(F)cc4)c3c2)CCN(CC(=O)N2CC=C(c3ccc(-c4nnc(C)o4)cc3F)CC2)C1.Cc1cnc(-c2ccc(C3=CCN(C(=O)CN4CC[C@@H](C(=O)Cc5ccc6[nH]nc(-c7ccc(F)cc7)c6c5)C4)CC3)cc2F)nc1. The summed E-state index contributed by atoms with van der Waals surface area (Å²) in [5.74, 6) is -0.0352. The Kier molecular flexibility index (Phi) is 29.0. The normalized spacial score (nSPS) is 18.2. The van der Waals surface area contributed by atoms with Crippen molar-refractivity contribution in [1.29, 1.82) is 0 Å². The highest BCUT2D eigenvalue weighted by Gasteiger charge is 2.48. The standard InChI is InChI=1S/C41H42FN7O3.C37H34F2N6O2.C35H33F2N7O4/c1-26-21-44-40(45-22-26)32-7-6-30(19-34(32)42)28-10-14-49(15-11-28)38(51)23-48-16-12-41(24-48,25-52-2)37(50)18-27-3-8-35-33(17-27)39(47-46-35)31-9-13-43-36(20-31)29-4-5-29;1-23-19-40-37(41-20-23)30-8-5-27(18-32(30)39)25-11-14-45(15-12-25)35(47)22-44-13-10-28(21-44)34(46)17-24-2-9-33-31(16-24)36(43-42-33)26-3-6-29(38)7-4-26;1-21-39-42-33(48-21)24-5-9-27(29(37)17-24)22-11-14-44(15-12-22)31(45)19-43-16-13-35(20-43,47-2)34(46)38-26-8-10-30-28(18-26)32(41-40-30)23-3-6-25(36)7-4-23/h3,6-10,13,17,19-22,29H,4-5,11-12,14-16,18,23-25H2,1-2H3,(H,46,47);2-9,11,16,18-20,28H,10,12-15,17,21-22H2,1H3,(H,42,43);3-11,17-18H,12-16,19-20H2,1-2H3,(H,38,46)(H,40,41)/t41-;28-;35-/m110/s1. The van der Waals surface area contributed by atoms with Crippen LogP contribution in [-0.2, 0) is 51.1 Å². The Morgan fingerprint density at radius 1 is 0.463 bits per heavy atom. The third-order valence-electron chi connectivity index (χ3n) is 29.0. The lowest BCUT2D eigenvalue weighted by atomic mass is 9.80. The first-order chi connectivity index (χ1) is 71.3. The Morgan fingerprint density at radius 2 is 0.946 bits per heavy atom. The maximum absolute atomic E-state index is 15.1. The zero-order valence-corrected chi connectivity index (χ0v) is 82.0. The van der Waals surface area contributed by atoms with Gasteiger partial charge < -0.3 is 33.9 Å². The number of fused-ring (bicyclic) bond motifs is 3. The first kappa shape index (κ1) is 98.9. The second kappa shape index (κ2) is 43.0. The molecule has 3 saturated heterocycles. The maximum atomic E-state index is 15.1. The Balaban J connectivity index is 0.000000134. The molecular formula is C113H109F5N20O9. The van der Waals surface area contributed by atoms with Crippen molar-refractivity contribution in [2.75, 3.05) is 124 Å². The van der Waals surface area contributed by atoms with Crippen LogP contribution in [0.2, 0.25) is 0 Å². The summed E-state index contributed by atoms with van der Waals surface area (Å²) in [6, 6.07) is 48.7. The molecule has 750 valence electrons. The molecule has 0 bridgehead atoms. The van der Waals surface area contributed by atoms with E-state index in [-0.39, 0.29) is 103 Å². The summed E-state index contributed by atoms with van der Waals surface area (Å²) in [5, 5.41) is 35.9. The Labute approximate surface area is 844 Å². The van der Waals surface area contributed by atoms with Gasteiger partial charge in [-0.1, -0.05) is 48.6 Å². The number of methoxy groups -OCH3 is 2. The number of hydrogen-bond acceptors (Lipinski definition) is 22. The number of benzene rings is 8. The van der Waals surface area contributed by atoms with Crippen molar-refractivity contribution in [2.45, 2.75) is 96.5 Å². The van der Waals surface area contributed by atoms with Gasteiger partial charge in [0.1, 0.15) is 46.3 Å². The summed E-state index contributed by atoms with van der Waals surface area (Å²) in [5.41, 5.74) is 17.0. The molecule has 1 saturated carbocycles. The van der Waals surface area contributed by atoms with Crippen LogP contribution < -0.4 is 5.32 Å². The van der Waals surface area contributed by atoms with Crippen LogP contribution in [-0.4, -0.2) is 255 Å². The summed E-state index contributed by atoms with van der Waals surface area (Å²) < 4.78 is 88.8. The third-order valence-corrected chi connectivity index (χ3v) is 29.0. The summed E-state index contributed by atoms with van der Waals surface area (Å²) >= 11 is 0. The lowest BCUT2D eigenvalue weighted by Gasteiger charge is -2.30. The van der Waals surface area contributed by atoms with Gasteiger partial charge in [-0.15, -0.1) is 10.2 Å². The molecular weight excluding hydrogens is 1880 g/mol. The second-order valence-corrected chi connectivity index (χ2v) is 39.1. The second-order valence-electron chi connectivity index (χ2n) is 39.1. The summed E-state index contributed by atoms with van der Waals surface area (Å²) in [6.07, 6.45) is 20.9. The minimum absolute atomic E-state index is 0.0212. The molecule has 0 radical (unpaired) electrons. The number of halogens is 5. The van der Waals surface area contributed by atoms with E-state index in [1.165, 1.54) is 62.4 Å². The molecule has 22 rings (SSSR count). The molecule has 1 aliphatic carbocycles. The van der Waals surface area contributed by atoms with Crippen LogP contribution in [0.4, 0.5) is 27.6 Å². The molecule has 4 fully saturated rings. The highest BCUT2D eigenvalue weighted by Crippen LogP contribution is 2.43. The fraction of sp³-hybridized carbons (Fsp3) is 0.310. The average molecular weight is 1990 g/mol. The largest absolute Gasteiger partial charge is 0.421 e. The molecule has 8 aromatic carbocycles. The number of aryl methyl sites for hydroxylation is 3. The van der Waals surface area contributed by atoms with Gasteiger partial charge in [0.05, 0.1) is 70.7 Å². The van der Waals surface area contributed by atoms with Gasteiger partial charge in [-0.05, 0) is 268 Å². The van der Waals surface area contributed by atoms with Crippen molar-refractivity contribution < 1.29 is 64.6 Å². The number of carbonyl (C=O) groups is 6. The van der Waals surface area contributed by atoms with Crippen molar-refractivity contribution in [3.63, 3.8) is 0 Å². The van der Waals surface area contributed by atoms with Crippen LogP contribution in [0.5, 0.6) is 0 Å². The lowest BCUT2D eigenvalue weighted by molar-refractivity contribution is -0.138. The van der Waals surface area contributed by atoms with E-state index in [1.54, 1.807) is 98.3 Å². The molecule has 0 spiro atoms. The Bertz CT molecular complexity index is 7610. The fourth-order valence-electron chi connectivity index (χ4n) is 20.5. The van der Waals surface area contributed by atoms with Gasteiger partial charge in [0.25, 0.3) is 5.91 Å². The van der Waals surface area contributed by atoms with Crippen LogP contribution in [0, 0.1) is 61.2 Å². The van der Waals surface area contributed by atoms with Gasteiger partial charge in [-0.25, -0.2) is 41.9 Å². The summed E-state index contributed by atoms with van der Waals surface area (Å²) in [6.45, 7) is 12.4. The van der Waals surface area contributed by atoms with E-state index < -0.39 is 16.8 Å². The third kappa shape index (κ3) is 22.2. The van der Waals surface area contributed by atoms with Gasteiger partial charge in [-0.3, -0.25) is 63.7 Å². The zero-order chi connectivity index (χ0) is 102. The Hall–Kier alpha value is -15.5. The molecule has 4 amide bonds. The molecule has 4 N–H and O–H groups in total. The minimum Gasteiger partial charge on any atom is -0.421 e. The fourth-order valence-corrected chi connectivity index (χ4v) is 20.5. The number of pyridine rings is 1. The number of nitrogens with one attached hydrogen (secondary N) is 4. The predicted octanol–water partition coefficient (Wildman–Crippen LogP) is 17.4. The quantitative estimate of drug-likeness (QED) is 0.0347. The van der Waals surface area contributed by atoms with Gasteiger partial charge in [0, 0.05) is 198 Å². The summed E-state index contributed by atoms with van der Waals surface area (Å²) in [7, 11) is 3.13. The summed E-state index contributed by atoms with van der Waals surface area (Å²) in [4.78, 5) is 114. The molecule has 7 aromatic heterocycles. The number of carbonyl (C=O) groups excluding carboxylic acids is 6. The molecule has 29 nitrogen and oxygen atoms in total. The van der Waals surface area contributed by atoms with Crippen molar-refractivity contribution in [3.8, 4) is 68.0 Å². The van der Waals surface area contributed by atoms with Crippen molar-refractivity contribution >= 4 is 90.3 Å². The molecule has 147 heavy (non-hydrogen) atoms. The van der Waals surface area contributed by atoms with E-state index >= 15 is 8.78 Å². The van der Waals surface area contributed by atoms with Gasteiger partial charge in [0.2, 0.25) is 29.5 Å². The Morgan fingerprint density at radius 3 is 1.46 bits per heavy atom. The minimum atomic E-state index is -1.13. The van der Waals surface area contributed by atoms with E-state index in [9.17, 15) is 41.9 Å². The number of H-pyrrole nitrogens is 3. The first-order valence-electron chi connectivity index (χ1n) is 49.5. The molecule has 15 aromatic rings. The number of aromatic amines is 3. The van der Waals surface area contributed by atoms with Gasteiger partial charge >= 0.3 is 0 Å². The average Bonchev–Trinajstić information content (AvgIpc) is 1.65. The topological polar surface area (TPSA) is 342 Å². The lowest BCUT2D eigenvalue weighted by Crippen LogP contribution is -2.48. The number of hydrogen-bond donors (Lipinski definition) is 4. The van der Waals surface area contributed by atoms with Crippen molar-refractivity contribution in [3.05, 3.63) is 299 Å². The van der Waals surface area contributed by atoms with E-state index in [0.29, 0.717) is 174 Å². The number of nitrogens with zero attached hydrogens (tertiary/aromatic N) is 16. The van der Waals surface area contributed by atoms with Crippen molar-refractivity contribution in [1.82, 2.24) is 95.1 Å². The van der Waals surface area contributed by atoms with Crippen molar-refractivity contribution in [2.24, 2.45) is 11.3 Å². The van der Waals surface area contributed by atoms with Gasteiger partial charge in [-0.2, -0.15) is 15.3 Å². The van der Waals surface area contributed by atoms with E-state index in [0.717, 1.165) is 123 Å². The number of likely N-dealkylation sites (tertiary alicyclic amines) is 3. The van der Waals surface area contributed by atoms with Gasteiger partial charge in [0.15, 0.2) is 17.2 Å². The monoisotopic (exact) mass is 1980 g/mol. The zero-order valence-electron chi connectivity index (χ0n) is 82.0. The molecule has 13 heterocycles.